The number of furan rings is 1. The van der Waals surface area contributed by atoms with Crippen molar-refractivity contribution in [3.63, 3.8) is 0 Å². The molecule has 1 aromatic heterocycles. The third-order valence-corrected chi connectivity index (χ3v) is 6.22. The quantitative estimate of drug-likeness (QED) is 0.758. The smallest absolute Gasteiger partial charge is 0.134 e. The van der Waals surface area contributed by atoms with Crippen LogP contribution in [0, 0.1) is 5.92 Å². The van der Waals surface area contributed by atoms with Crippen LogP contribution in [0.15, 0.2) is 28.7 Å². The van der Waals surface area contributed by atoms with Gasteiger partial charge in [-0.15, -0.1) is 0 Å². The minimum Gasteiger partial charge on any atom is -0.461 e. The Kier molecular flexibility index (Phi) is 5.30. The first-order valence-corrected chi connectivity index (χ1v) is 10.3. The molecule has 3 heteroatoms. The highest BCUT2D eigenvalue weighted by Crippen LogP contribution is 2.27. The average molecular weight is 341 g/mol. The number of hydrogen-bond donors (Lipinski definition) is 1. The van der Waals surface area contributed by atoms with Gasteiger partial charge in [-0.2, -0.15) is 0 Å². The minimum atomic E-state index is 0.736. The topological polar surface area (TPSA) is 28.4 Å². The predicted molar refractivity (Wildman–Crippen MR) is 105 cm³/mol. The van der Waals surface area contributed by atoms with Gasteiger partial charge < -0.3 is 14.6 Å². The summed E-state index contributed by atoms with van der Waals surface area (Å²) >= 11 is 0. The summed E-state index contributed by atoms with van der Waals surface area (Å²) in [5.41, 5.74) is 2.26. The maximum atomic E-state index is 6.06. The molecule has 0 bridgehead atoms. The zero-order chi connectivity index (χ0) is 17.1. The molecule has 2 heterocycles. The summed E-state index contributed by atoms with van der Waals surface area (Å²) in [6.45, 7) is 5.82. The normalized spacial score (nSPS) is 22.7. The molecule has 1 N–H and O–H groups in total. The molecule has 0 spiro atoms. The third-order valence-electron chi connectivity index (χ3n) is 6.22. The van der Waals surface area contributed by atoms with Crippen LogP contribution in [0.1, 0.15) is 57.6 Å². The van der Waals surface area contributed by atoms with Crippen LogP contribution in [0.25, 0.3) is 11.0 Å². The van der Waals surface area contributed by atoms with Gasteiger partial charge in [-0.3, -0.25) is 0 Å². The number of nitrogens with one attached hydrogen (secondary N) is 1. The molecule has 2 fully saturated rings. The lowest BCUT2D eigenvalue weighted by Crippen LogP contribution is -2.28. The minimum absolute atomic E-state index is 0.736. The number of anilines is 1. The fourth-order valence-corrected chi connectivity index (χ4v) is 4.56. The van der Waals surface area contributed by atoms with E-state index in [0.717, 1.165) is 42.8 Å². The number of hydrogen-bond acceptors (Lipinski definition) is 3. The Hall–Kier alpha value is -1.48. The Balaban J connectivity index is 1.35. The van der Waals surface area contributed by atoms with E-state index < -0.39 is 0 Å². The van der Waals surface area contributed by atoms with Crippen LogP contribution in [0.5, 0.6) is 0 Å². The van der Waals surface area contributed by atoms with Crippen LogP contribution in [-0.2, 0) is 6.42 Å². The second-order valence-electron chi connectivity index (χ2n) is 8.13. The maximum Gasteiger partial charge on any atom is 0.134 e. The molecule has 1 saturated carbocycles. The maximum absolute atomic E-state index is 6.06. The van der Waals surface area contributed by atoms with Gasteiger partial charge in [0.05, 0.1) is 0 Å². The van der Waals surface area contributed by atoms with E-state index in [4.69, 9.17) is 4.42 Å². The van der Waals surface area contributed by atoms with Crippen molar-refractivity contribution in [1.29, 1.82) is 0 Å². The largest absolute Gasteiger partial charge is 0.461 e. The van der Waals surface area contributed by atoms with Crippen LogP contribution in [0.2, 0.25) is 0 Å². The van der Waals surface area contributed by atoms with E-state index in [-0.39, 0.29) is 0 Å². The van der Waals surface area contributed by atoms with Crippen molar-refractivity contribution in [3.8, 4) is 0 Å². The molecule has 0 amide bonds. The van der Waals surface area contributed by atoms with E-state index in [9.17, 15) is 0 Å². The predicted octanol–water partition coefficient (Wildman–Crippen LogP) is 5.45. The molecule has 136 valence electrons. The van der Waals surface area contributed by atoms with Gasteiger partial charge in [0.2, 0.25) is 0 Å². The van der Waals surface area contributed by atoms with Crippen LogP contribution in [0.4, 0.5) is 5.69 Å². The molecule has 4 rings (SSSR count). The van der Waals surface area contributed by atoms with Crippen molar-refractivity contribution in [3.05, 3.63) is 30.0 Å². The highest BCUT2D eigenvalue weighted by molar-refractivity contribution is 5.81. The molecule has 25 heavy (non-hydrogen) atoms. The number of rotatable bonds is 6. The van der Waals surface area contributed by atoms with E-state index in [0.29, 0.717) is 0 Å². The van der Waals surface area contributed by atoms with Crippen LogP contribution in [-0.4, -0.2) is 30.6 Å². The summed E-state index contributed by atoms with van der Waals surface area (Å²) in [6, 6.07) is 9.52. The lowest BCUT2D eigenvalue weighted by atomic mass is 9.89. The molecule has 1 aliphatic carbocycles. The molecule has 2 aliphatic rings. The van der Waals surface area contributed by atoms with Gasteiger partial charge in [0.15, 0.2) is 0 Å². The van der Waals surface area contributed by atoms with E-state index in [1.165, 1.54) is 62.6 Å². The first-order valence-electron chi connectivity index (χ1n) is 10.3. The van der Waals surface area contributed by atoms with Crippen LogP contribution in [0.3, 0.4) is 0 Å². The second-order valence-corrected chi connectivity index (χ2v) is 8.13. The summed E-state index contributed by atoms with van der Waals surface area (Å²) < 4.78 is 6.06. The first kappa shape index (κ1) is 17.0. The zero-order valence-electron chi connectivity index (χ0n) is 15.6. The Morgan fingerprint density at radius 3 is 2.76 bits per heavy atom. The van der Waals surface area contributed by atoms with Gasteiger partial charge in [-0.1, -0.05) is 19.3 Å². The Labute approximate surface area is 151 Å². The Morgan fingerprint density at radius 2 is 1.96 bits per heavy atom. The summed E-state index contributed by atoms with van der Waals surface area (Å²) in [6.07, 6.45) is 10.7. The molecule has 0 radical (unpaired) electrons. The van der Waals surface area contributed by atoms with Crippen molar-refractivity contribution in [2.24, 2.45) is 5.92 Å². The Bertz CT molecular complexity index is 686. The van der Waals surface area contributed by atoms with Gasteiger partial charge in [-0.25, -0.2) is 0 Å². The molecular weight excluding hydrogens is 308 g/mol. The number of likely N-dealkylation sites (tertiary alicyclic amines) is 1. The van der Waals surface area contributed by atoms with E-state index in [1.807, 2.05) is 0 Å². The lowest BCUT2D eigenvalue weighted by molar-refractivity contribution is 0.266. The van der Waals surface area contributed by atoms with Crippen molar-refractivity contribution < 1.29 is 4.42 Å². The summed E-state index contributed by atoms with van der Waals surface area (Å²) in [4.78, 5) is 2.59. The lowest BCUT2D eigenvalue weighted by Gasteiger charge is -2.22. The summed E-state index contributed by atoms with van der Waals surface area (Å²) in [5, 5.41) is 4.88. The first-order chi connectivity index (χ1) is 12.3. The zero-order valence-corrected chi connectivity index (χ0v) is 15.6. The summed E-state index contributed by atoms with van der Waals surface area (Å²) in [7, 11) is 0. The average Bonchev–Trinajstić information content (AvgIpc) is 3.24. The van der Waals surface area contributed by atoms with E-state index in [2.05, 4.69) is 41.4 Å². The van der Waals surface area contributed by atoms with Crippen molar-refractivity contribution in [1.82, 2.24) is 4.90 Å². The molecule has 2 aromatic rings. The van der Waals surface area contributed by atoms with Gasteiger partial charge in [0.1, 0.15) is 11.3 Å². The summed E-state index contributed by atoms with van der Waals surface area (Å²) in [5.74, 6) is 1.98. The third kappa shape index (κ3) is 4.20. The molecule has 1 aliphatic heterocycles. The fraction of sp³-hybridized carbons (Fsp3) is 0.636. The fourth-order valence-electron chi connectivity index (χ4n) is 4.56. The van der Waals surface area contributed by atoms with Gasteiger partial charge in [0, 0.05) is 36.6 Å². The van der Waals surface area contributed by atoms with Gasteiger partial charge in [-0.05, 0) is 69.3 Å². The second kappa shape index (κ2) is 7.82. The van der Waals surface area contributed by atoms with Crippen molar-refractivity contribution >= 4 is 16.7 Å². The SMILES string of the molecule is C[C@@H]1CCCN1CCc1cc2cc(NCC3CCCCC3)ccc2o1. The highest BCUT2D eigenvalue weighted by atomic mass is 16.3. The molecule has 3 nitrogen and oxygen atoms in total. The number of fused-ring (bicyclic) bond motifs is 1. The van der Waals surface area contributed by atoms with Crippen LogP contribution >= 0.6 is 0 Å². The van der Waals surface area contributed by atoms with Gasteiger partial charge in [0.25, 0.3) is 0 Å². The molecular formula is C22H32N2O. The van der Waals surface area contributed by atoms with Crippen LogP contribution < -0.4 is 5.32 Å². The monoisotopic (exact) mass is 340 g/mol. The molecule has 1 aromatic carbocycles. The molecule has 1 atom stereocenters. The number of nitrogens with zero attached hydrogens (tertiary/aromatic N) is 1. The highest BCUT2D eigenvalue weighted by Gasteiger charge is 2.20. The van der Waals surface area contributed by atoms with Gasteiger partial charge >= 0.3 is 0 Å². The molecule has 1 saturated heterocycles. The standard InChI is InChI=1S/C22H32N2O/c1-17-6-5-12-24(17)13-11-21-15-19-14-20(9-10-22(19)25-21)23-16-18-7-3-2-4-8-18/h9-10,14-15,17-18,23H,2-8,11-13,16H2,1H3/t17-/m1/s1. The molecule has 0 unspecified atom stereocenters. The van der Waals surface area contributed by atoms with Crippen molar-refractivity contribution in [2.75, 3.05) is 25.0 Å². The van der Waals surface area contributed by atoms with Crippen molar-refractivity contribution in [2.45, 2.75) is 64.3 Å². The number of benzene rings is 1. The van der Waals surface area contributed by atoms with E-state index in [1.54, 1.807) is 0 Å². The van der Waals surface area contributed by atoms with E-state index >= 15 is 0 Å². The Morgan fingerprint density at radius 1 is 1.08 bits per heavy atom.